The van der Waals surface area contributed by atoms with Crippen molar-refractivity contribution in [3.8, 4) is 6.07 Å². The van der Waals surface area contributed by atoms with E-state index in [2.05, 4.69) is 0 Å². The minimum atomic E-state index is -1.49. The smallest absolute Gasteiger partial charge is 0.167 e. The average Bonchev–Trinajstić information content (AvgIpc) is 2.12. The van der Waals surface area contributed by atoms with Crippen molar-refractivity contribution >= 4 is 0 Å². The molecule has 1 aromatic carbocycles. The van der Waals surface area contributed by atoms with Crippen molar-refractivity contribution in [1.29, 1.82) is 5.26 Å². The predicted molar refractivity (Wildman–Crippen MR) is 38.9 cm³/mol. The third kappa shape index (κ3) is 1.63. The molecule has 0 aliphatic carbocycles. The van der Waals surface area contributed by atoms with Crippen LogP contribution in [0.5, 0.6) is 0 Å². The van der Waals surface area contributed by atoms with Crippen LogP contribution in [0.25, 0.3) is 0 Å². The highest BCUT2D eigenvalue weighted by Gasteiger charge is 2.19. The molecular weight excluding hydrogens is 181 g/mol. The topological polar surface area (TPSA) is 49.8 Å². The van der Waals surface area contributed by atoms with Gasteiger partial charge in [-0.25, -0.2) is 13.2 Å². The number of hydrogen-bond acceptors (Lipinski definition) is 2. The Balaban J connectivity index is 3.35. The van der Waals surface area contributed by atoms with Gasteiger partial charge in [-0.3, -0.25) is 0 Å². The summed E-state index contributed by atoms with van der Waals surface area (Å²) >= 11 is 0. The van der Waals surface area contributed by atoms with Crippen LogP contribution in [0.3, 0.4) is 0 Å². The molecular formula is C8H5F3N2. The van der Waals surface area contributed by atoms with E-state index in [0.29, 0.717) is 6.07 Å². The van der Waals surface area contributed by atoms with Crippen LogP contribution < -0.4 is 5.73 Å². The minimum Gasteiger partial charge on any atom is -0.312 e. The van der Waals surface area contributed by atoms with E-state index in [0.717, 1.165) is 6.07 Å². The van der Waals surface area contributed by atoms with Gasteiger partial charge in [0.25, 0.3) is 0 Å². The Morgan fingerprint density at radius 1 is 1.23 bits per heavy atom. The van der Waals surface area contributed by atoms with Crippen LogP contribution in [0.1, 0.15) is 11.6 Å². The molecule has 1 atom stereocenters. The van der Waals surface area contributed by atoms with E-state index in [1.807, 2.05) is 0 Å². The first-order valence-corrected chi connectivity index (χ1v) is 3.36. The molecule has 0 bridgehead atoms. The number of nitrogens with zero attached hydrogens (tertiary/aromatic N) is 1. The standard InChI is InChI=1S/C8H5F3N2/c9-4-1-2-5(10)8(11)7(4)6(13)3-12/h1-2,6H,13H2/t6-/m0/s1. The maximum atomic E-state index is 12.9. The number of rotatable bonds is 1. The van der Waals surface area contributed by atoms with Gasteiger partial charge in [-0.1, -0.05) is 0 Å². The second-order valence-electron chi connectivity index (χ2n) is 2.36. The normalized spacial score (nSPS) is 12.2. The van der Waals surface area contributed by atoms with Gasteiger partial charge in [0.1, 0.15) is 11.9 Å². The minimum absolute atomic E-state index is 0.637. The zero-order chi connectivity index (χ0) is 10.0. The van der Waals surface area contributed by atoms with Crippen LogP contribution in [0.15, 0.2) is 12.1 Å². The lowest BCUT2D eigenvalue weighted by atomic mass is 10.1. The molecule has 0 amide bonds. The third-order valence-electron chi connectivity index (χ3n) is 1.53. The highest BCUT2D eigenvalue weighted by molar-refractivity contribution is 5.27. The van der Waals surface area contributed by atoms with E-state index in [1.165, 1.54) is 6.07 Å². The van der Waals surface area contributed by atoms with Crippen molar-refractivity contribution in [2.75, 3.05) is 0 Å². The first kappa shape index (κ1) is 9.55. The Morgan fingerprint density at radius 2 is 1.77 bits per heavy atom. The monoisotopic (exact) mass is 186 g/mol. The number of nitrogens with two attached hydrogens (primary N) is 1. The maximum Gasteiger partial charge on any atom is 0.167 e. The Morgan fingerprint density at radius 3 is 2.31 bits per heavy atom. The van der Waals surface area contributed by atoms with E-state index >= 15 is 0 Å². The number of hydrogen-bond donors (Lipinski definition) is 1. The maximum absolute atomic E-state index is 12.9. The molecule has 1 aromatic rings. The zero-order valence-corrected chi connectivity index (χ0v) is 6.39. The van der Waals surface area contributed by atoms with E-state index < -0.39 is 29.1 Å². The molecule has 0 aromatic heterocycles. The summed E-state index contributed by atoms with van der Waals surface area (Å²) in [5, 5.41) is 8.30. The molecule has 13 heavy (non-hydrogen) atoms. The Labute approximate surface area is 72.4 Å². The molecule has 1 rings (SSSR count). The van der Waals surface area contributed by atoms with Crippen LogP contribution in [0.2, 0.25) is 0 Å². The van der Waals surface area contributed by atoms with Crippen molar-refractivity contribution in [1.82, 2.24) is 0 Å². The molecule has 0 fully saturated rings. The van der Waals surface area contributed by atoms with Gasteiger partial charge >= 0.3 is 0 Å². The van der Waals surface area contributed by atoms with Crippen molar-refractivity contribution < 1.29 is 13.2 Å². The molecule has 0 spiro atoms. The van der Waals surface area contributed by atoms with Gasteiger partial charge in [0.05, 0.1) is 11.6 Å². The van der Waals surface area contributed by atoms with Crippen molar-refractivity contribution in [2.24, 2.45) is 5.73 Å². The van der Waals surface area contributed by atoms with Crippen LogP contribution in [-0.4, -0.2) is 0 Å². The van der Waals surface area contributed by atoms with Crippen molar-refractivity contribution in [3.63, 3.8) is 0 Å². The highest BCUT2D eigenvalue weighted by atomic mass is 19.2. The molecule has 0 saturated heterocycles. The van der Waals surface area contributed by atoms with Crippen molar-refractivity contribution in [2.45, 2.75) is 6.04 Å². The average molecular weight is 186 g/mol. The SMILES string of the molecule is N#C[C@H](N)c1c(F)ccc(F)c1F. The summed E-state index contributed by atoms with van der Waals surface area (Å²) in [4.78, 5) is 0. The summed E-state index contributed by atoms with van der Waals surface area (Å²) in [7, 11) is 0. The fraction of sp³-hybridized carbons (Fsp3) is 0.125. The van der Waals surface area contributed by atoms with Gasteiger partial charge in [0.2, 0.25) is 0 Å². The molecule has 0 aliphatic heterocycles. The molecule has 0 radical (unpaired) electrons. The summed E-state index contributed by atoms with van der Waals surface area (Å²) in [6.07, 6.45) is 0. The molecule has 5 heteroatoms. The van der Waals surface area contributed by atoms with Crippen LogP contribution in [0, 0.1) is 28.8 Å². The van der Waals surface area contributed by atoms with E-state index in [-0.39, 0.29) is 0 Å². The molecule has 0 unspecified atom stereocenters. The molecule has 0 heterocycles. The fourth-order valence-electron chi connectivity index (χ4n) is 0.892. The van der Waals surface area contributed by atoms with Gasteiger partial charge in [-0.2, -0.15) is 5.26 Å². The molecule has 0 aliphatic rings. The first-order chi connectivity index (χ1) is 6.07. The zero-order valence-electron chi connectivity index (χ0n) is 6.39. The van der Waals surface area contributed by atoms with E-state index in [4.69, 9.17) is 11.0 Å². The van der Waals surface area contributed by atoms with E-state index in [9.17, 15) is 13.2 Å². The highest BCUT2D eigenvalue weighted by Crippen LogP contribution is 2.20. The lowest BCUT2D eigenvalue weighted by Crippen LogP contribution is -2.13. The molecule has 2 N–H and O–H groups in total. The summed E-state index contributed by atoms with van der Waals surface area (Å²) in [5.74, 6) is -3.65. The van der Waals surface area contributed by atoms with Crippen molar-refractivity contribution in [3.05, 3.63) is 35.1 Å². The van der Waals surface area contributed by atoms with E-state index in [1.54, 1.807) is 0 Å². The molecule has 0 saturated carbocycles. The Bertz CT molecular complexity index is 370. The van der Waals surface area contributed by atoms with Gasteiger partial charge in [-0.15, -0.1) is 0 Å². The number of nitriles is 1. The summed E-state index contributed by atoms with van der Waals surface area (Å²) in [6.45, 7) is 0. The van der Waals surface area contributed by atoms with Gasteiger partial charge < -0.3 is 5.73 Å². The molecule has 68 valence electrons. The quantitative estimate of drug-likeness (QED) is 0.677. The van der Waals surface area contributed by atoms with Crippen LogP contribution in [0.4, 0.5) is 13.2 Å². The van der Waals surface area contributed by atoms with Crippen LogP contribution >= 0.6 is 0 Å². The summed E-state index contributed by atoms with van der Waals surface area (Å²) < 4.78 is 38.2. The predicted octanol–water partition coefficient (Wildman–Crippen LogP) is 1.63. The fourth-order valence-corrected chi connectivity index (χ4v) is 0.892. The Kier molecular flexibility index (Phi) is 2.54. The number of halogens is 3. The lowest BCUT2D eigenvalue weighted by molar-refractivity contribution is 0.475. The van der Waals surface area contributed by atoms with Gasteiger partial charge in [0.15, 0.2) is 11.6 Å². The Hall–Kier alpha value is -1.54. The van der Waals surface area contributed by atoms with Crippen LogP contribution in [-0.2, 0) is 0 Å². The summed E-state index contributed by atoms with van der Waals surface area (Å²) in [5.41, 5.74) is 4.32. The molecule has 2 nitrogen and oxygen atoms in total. The third-order valence-corrected chi connectivity index (χ3v) is 1.53. The first-order valence-electron chi connectivity index (χ1n) is 3.36. The van der Waals surface area contributed by atoms with Gasteiger partial charge in [0, 0.05) is 0 Å². The largest absolute Gasteiger partial charge is 0.312 e. The summed E-state index contributed by atoms with van der Waals surface area (Å²) in [6, 6.07) is 1.30. The lowest BCUT2D eigenvalue weighted by Gasteiger charge is -2.06. The number of benzene rings is 1. The second-order valence-corrected chi connectivity index (χ2v) is 2.36. The second kappa shape index (κ2) is 3.46. The van der Waals surface area contributed by atoms with Gasteiger partial charge in [-0.05, 0) is 12.1 Å².